The molecule has 0 saturated carbocycles. The van der Waals surface area contributed by atoms with Crippen LogP contribution in [0.25, 0.3) is 0 Å². The molecule has 1 aliphatic rings. The molecule has 114 valence electrons. The topological polar surface area (TPSA) is 70.2 Å². The summed E-state index contributed by atoms with van der Waals surface area (Å²) in [6, 6.07) is 7.44. The zero-order chi connectivity index (χ0) is 15.3. The molecule has 1 saturated heterocycles. The fourth-order valence-electron chi connectivity index (χ4n) is 2.64. The Bertz CT molecular complexity index is 505. The second kappa shape index (κ2) is 6.72. The molecule has 1 fully saturated rings. The summed E-state index contributed by atoms with van der Waals surface area (Å²) in [5.41, 5.74) is 1.42. The summed E-state index contributed by atoms with van der Waals surface area (Å²) in [4.78, 5) is 23.8. The molecule has 3 N–H and O–H groups in total. The number of benzene rings is 1. The molecule has 1 heterocycles. The minimum absolute atomic E-state index is 0.0197. The van der Waals surface area contributed by atoms with Crippen molar-refractivity contribution in [2.75, 3.05) is 25.5 Å². The maximum atomic E-state index is 12.5. The van der Waals surface area contributed by atoms with E-state index in [9.17, 15) is 9.59 Å². The SMILES string of the molecule is CCC1(C(=O)Nc2ccc(CC(=O)NC)cc2)CCNC1. The van der Waals surface area contributed by atoms with Gasteiger partial charge in [-0.3, -0.25) is 9.59 Å². The fraction of sp³-hybridized carbons (Fsp3) is 0.500. The number of carbonyl (C=O) groups excluding carboxylic acids is 2. The quantitative estimate of drug-likeness (QED) is 0.765. The first-order valence-electron chi connectivity index (χ1n) is 7.41. The summed E-state index contributed by atoms with van der Waals surface area (Å²) in [7, 11) is 1.62. The minimum atomic E-state index is -0.291. The molecule has 1 aromatic carbocycles. The van der Waals surface area contributed by atoms with Crippen molar-refractivity contribution < 1.29 is 9.59 Å². The Morgan fingerprint density at radius 1 is 1.29 bits per heavy atom. The molecular weight excluding hydrogens is 266 g/mol. The first-order chi connectivity index (χ1) is 10.1. The lowest BCUT2D eigenvalue weighted by molar-refractivity contribution is -0.125. The lowest BCUT2D eigenvalue weighted by Crippen LogP contribution is -2.37. The van der Waals surface area contributed by atoms with Crippen LogP contribution in [0, 0.1) is 5.41 Å². The molecule has 0 radical (unpaired) electrons. The van der Waals surface area contributed by atoms with Gasteiger partial charge in [0.25, 0.3) is 0 Å². The number of nitrogens with one attached hydrogen (secondary N) is 3. The zero-order valence-electron chi connectivity index (χ0n) is 12.7. The minimum Gasteiger partial charge on any atom is -0.359 e. The molecule has 5 nitrogen and oxygen atoms in total. The van der Waals surface area contributed by atoms with Gasteiger partial charge in [-0.2, -0.15) is 0 Å². The van der Waals surface area contributed by atoms with Gasteiger partial charge in [0.2, 0.25) is 11.8 Å². The standard InChI is InChI=1S/C16H23N3O2/c1-3-16(8-9-18-11-16)15(21)19-13-6-4-12(5-7-13)10-14(20)17-2/h4-7,18H,3,8-11H2,1-2H3,(H,17,20)(H,19,21). The van der Waals surface area contributed by atoms with Gasteiger partial charge in [-0.15, -0.1) is 0 Å². The van der Waals surface area contributed by atoms with E-state index in [0.717, 1.165) is 37.2 Å². The molecule has 1 aliphatic heterocycles. The van der Waals surface area contributed by atoms with E-state index in [2.05, 4.69) is 22.9 Å². The van der Waals surface area contributed by atoms with E-state index < -0.39 is 0 Å². The van der Waals surface area contributed by atoms with Crippen LogP contribution in [0.2, 0.25) is 0 Å². The number of amides is 2. The Morgan fingerprint density at radius 2 is 2.00 bits per heavy atom. The Balaban J connectivity index is 1.99. The first kappa shape index (κ1) is 15.5. The third-order valence-corrected chi connectivity index (χ3v) is 4.26. The van der Waals surface area contributed by atoms with Gasteiger partial charge in [-0.1, -0.05) is 19.1 Å². The molecule has 0 bridgehead atoms. The zero-order valence-corrected chi connectivity index (χ0v) is 12.7. The molecule has 0 spiro atoms. The van der Waals surface area contributed by atoms with Crippen molar-refractivity contribution in [3.8, 4) is 0 Å². The lowest BCUT2D eigenvalue weighted by Gasteiger charge is -2.25. The van der Waals surface area contributed by atoms with Crippen LogP contribution >= 0.6 is 0 Å². The van der Waals surface area contributed by atoms with E-state index in [1.165, 1.54) is 0 Å². The van der Waals surface area contributed by atoms with E-state index in [0.29, 0.717) is 6.42 Å². The molecule has 2 amide bonds. The summed E-state index contributed by atoms with van der Waals surface area (Å²) in [6.07, 6.45) is 2.07. The van der Waals surface area contributed by atoms with Crippen molar-refractivity contribution in [2.45, 2.75) is 26.2 Å². The van der Waals surface area contributed by atoms with E-state index >= 15 is 0 Å². The largest absolute Gasteiger partial charge is 0.359 e. The van der Waals surface area contributed by atoms with E-state index in [1.807, 2.05) is 24.3 Å². The lowest BCUT2D eigenvalue weighted by atomic mass is 9.83. The van der Waals surface area contributed by atoms with Crippen LogP contribution in [-0.4, -0.2) is 32.0 Å². The number of rotatable bonds is 5. The van der Waals surface area contributed by atoms with Crippen LogP contribution in [0.5, 0.6) is 0 Å². The maximum absolute atomic E-state index is 12.5. The molecule has 1 aromatic rings. The van der Waals surface area contributed by atoms with Crippen LogP contribution in [0.15, 0.2) is 24.3 Å². The van der Waals surface area contributed by atoms with Gasteiger partial charge in [0, 0.05) is 19.3 Å². The predicted octanol–water partition coefficient (Wildman–Crippen LogP) is 1.30. The van der Waals surface area contributed by atoms with Crippen LogP contribution in [0.4, 0.5) is 5.69 Å². The third-order valence-electron chi connectivity index (χ3n) is 4.26. The van der Waals surface area contributed by atoms with Crippen LogP contribution in [0.1, 0.15) is 25.3 Å². The van der Waals surface area contributed by atoms with Crippen LogP contribution < -0.4 is 16.0 Å². The van der Waals surface area contributed by atoms with Gasteiger partial charge < -0.3 is 16.0 Å². The highest BCUT2D eigenvalue weighted by Crippen LogP contribution is 2.30. The van der Waals surface area contributed by atoms with Gasteiger partial charge in [-0.05, 0) is 37.1 Å². The Labute approximate surface area is 125 Å². The molecule has 21 heavy (non-hydrogen) atoms. The second-order valence-corrected chi connectivity index (χ2v) is 5.56. The van der Waals surface area contributed by atoms with Gasteiger partial charge in [0.1, 0.15) is 0 Å². The van der Waals surface area contributed by atoms with Crippen LogP contribution in [0.3, 0.4) is 0 Å². The third kappa shape index (κ3) is 3.61. The molecule has 0 aliphatic carbocycles. The normalized spacial score (nSPS) is 21.0. The Morgan fingerprint density at radius 3 is 2.52 bits per heavy atom. The maximum Gasteiger partial charge on any atom is 0.231 e. The summed E-state index contributed by atoms with van der Waals surface area (Å²) in [6.45, 7) is 3.69. The highest BCUT2D eigenvalue weighted by Gasteiger charge is 2.39. The predicted molar refractivity (Wildman–Crippen MR) is 83.1 cm³/mol. The molecule has 0 aromatic heterocycles. The summed E-state index contributed by atoms with van der Waals surface area (Å²) < 4.78 is 0. The second-order valence-electron chi connectivity index (χ2n) is 5.56. The average Bonchev–Trinajstić information content (AvgIpc) is 2.99. The summed E-state index contributed by atoms with van der Waals surface area (Å²) in [5.74, 6) is 0.0582. The number of anilines is 1. The first-order valence-corrected chi connectivity index (χ1v) is 7.41. The molecule has 2 rings (SSSR count). The van der Waals surface area contributed by atoms with Gasteiger partial charge in [0.05, 0.1) is 11.8 Å². The van der Waals surface area contributed by atoms with Gasteiger partial charge in [0.15, 0.2) is 0 Å². The summed E-state index contributed by atoms with van der Waals surface area (Å²) >= 11 is 0. The molecular formula is C16H23N3O2. The molecule has 5 heteroatoms. The van der Waals surface area contributed by atoms with Crippen molar-refractivity contribution in [3.63, 3.8) is 0 Å². The number of carbonyl (C=O) groups is 2. The number of hydrogen-bond donors (Lipinski definition) is 3. The van der Waals surface area contributed by atoms with Crippen LogP contribution in [-0.2, 0) is 16.0 Å². The number of likely N-dealkylation sites (N-methyl/N-ethyl adjacent to an activating group) is 1. The fourth-order valence-corrected chi connectivity index (χ4v) is 2.64. The van der Waals surface area contributed by atoms with E-state index in [-0.39, 0.29) is 17.2 Å². The van der Waals surface area contributed by atoms with Crippen molar-refractivity contribution >= 4 is 17.5 Å². The molecule has 1 unspecified atom stereocenters. The van der Waals surface area contributed by atoms with E-state index in [1.54, 1.807) is 7.05 Å². The van der Waals surface area contributed by atoms with Crippen molar-refractivity contribution in [1.29, 1.82) is 0 Å². The summed E-state index contributed by atoms with van der Waals surface area (Å²) in [5, 5.41) is 8.85. The van der Waals surface area contributed by atoms with Gasteiger partial charge in [-0.25, -0.2) is 0 Å². The number of hydrogen-bond acceptors (Lipinski definition) is 3. The van der Waals surface area contributed by atoms with Gasteiger partial charge >= 0.3 is 0 Å². The van der Waals surface area contributed by atoms with Crippen molar-refractivity contribution in [3.05, 3.63) is 29.8 Å². The van der Waals surface area contributed by atoms with E-state index in [4.69, 9.17) is 0 Å². The monoisotopic (exact) mass is 289 g/mol. The smallest absolute Gasteiger partial charge is 0.231 e. The Kier molecular flexibility index (Phi) is 4.96. The average molecular weight is 289 g/mol. The highest BCUT2D eigenvalue weighted by molar-refractivity contribution is 5.95. The molecule has 1 atom stereocenters. The van der Waals surface area contributed by atoms with Crippen molar-refractivity contribution in [2.24, 2.45) is 5.41 Å². The Hall–Kier alpha value is -1.88. The van der Waals surface area contributed by atoms with Crippen molar-refractivity contribution in [1.82, 2.24) is 10.6 Å². The highest BCUT2D eigenvalue weighted by atomic mass is 16.2.